The van der Waals surface area contributed by atoms with Crippen molar-refractivity contribution < 1.29 is 4.79 Å². The van der Waals surface area contributed by atoms with E-state index in [4.69, 9.17) is 0 Å². The van der Waals surface area contributed by atoms with E-state index in [9.17, 15) is 4.79 Å². The van der Waals surface area contributed by atoms with Crippen molar-refractivity contribution in [3.8, 4) is 0 Å². The van der Waals surface area contributed by atoms with Gasteiger partial charge >= 0.3 is 0 Å². The monoisotopic (exact) mass is 358 g/mol. The summed E-state index contributed by atoms with van der Waals surface area (Å²) in [7, 11) is 0. The van der Waals surface area contributed by atoms with Crippen LogP contribution < -0.4 is 10.6 Å². The van der Waals surface area contributed by atoms with Crippen molar-refractivity contribution in [2.75, 3.05) is 58.9 Å². The zero-order chi connectivity index (χ0) is 18.2. The Morgan fingerprint density at radius 1 is 1.15 bits per heavy atom. The van der Waals surface area contributed by atoms with Gasteiger partial charge in [-0.25, -0.2) is 0 Å². The van der Waals surface area contributed by atoms with Gasteiger partial charge in [-0.05, 0) is 62.5 Å². The van der Waals surface area contributed by atoms with Crippen molar-refractivity contribution in [2.45, 2.75) is 32.1 Å². The predicted octanol–water partition coefficient (Wildman–Crippen LogP) is 1.91. The molecule has 5 nitrogen and oxygen atoms in total. The highest BCUT2D eigenvalue weighted by atomic mass is 16.1. The highest BCUT2D eigenvalue weighted by molar-refractivity contribution is 5.94. The van der Waals surface area contributed by atoms with Crippen molar-refractivity contribution in [1.82, 2.24) is 20.4 Å². The highest BCUT2D eigenvalue weighted by Crippen LogP contribution is 2.23. The third kappa shape index (κ3) is 5.53. The maximum Gasteiger partial charge on any atom is 0.251 e. The van der Waals surface area contributed by atoms with Gasteiger partial charge in [0.2, 0.25) is 0 Å². The molecule has 144 valence electrons. The normalized spacial score (nSPS) is 22.3. The molecule has 1 atom stereocenters. The van der Waals surface area contributed by atoms with Crippen LogP contribution in [-0.2, 0) is 0 Å². The molecule has 0 spiro atoms. The summed E-state index contributed by atoms with van der Waals surface area (Å²) in [4.78, 5) is 17.3. The number of carbonyl (C=O) groups excluding carboxylic acids is 1. The molecule has 2 fully saturated rings. The van der Waals surface area contributed by atoms with E-state index in [1.165, 1.54) is 31.5 Å². The SMILES string of the molecule is CCN1CCN(CCCNC(=O)c2ccc(C3CCCNC3)cc2)CC1. The van der Waals surface area contributed by atoms with Gasteiger partial charge in [-0.15, -0.1) is 0 Å². The Morgan fingerprint density at radius 2 is 1.88 bits per heavy atom. The molecule has 0 bridgehead atoms. The zero-order valence-corrected chi connectivity index (χ0v) is 16.2. The molecule has 2 N–H and O–H groups in total. The Bertz CT molecular complexity index is 546. The molecule has 1 aromatic carbocycles. The van der Waals surface area contributed by atoms with Crippen LogP contribution in [0.4, 0.5) is 0 Å². The number of carbonyl (C=O) groups is 1. The van der Waals surface area contributed by atoms with E-state index < -0.39 is 0 Å². The summed E-state index contributed by atoms with van der Waals surface area (Å²) in [5.74, 6) is 0.642. The van der Waals surface area contributed by atoms with Gasteiger partial charge in [0.25, 0.3) is 5.91 Å². The van der Waals surface area contributed by atoms with Gasteiger partial charge in [0.15, 0.2) is 0 Å². The van der Waals surface area contributed by atoms with Gasteiger partial charge < -0.3 is 20.4 Å². The van der Waals surface area contributed by atoms with Crippen LogP contribution in [0.5, 0.6) is 0 Å². The van der Waals surface area contributed by atoms with E-state index in [1.54, 1.807) is 0 Å². The van der Waals surface area contributed by atoms with Crippen molar-refractivity contribution in [1.29, 1.82) is 0 Å². The summed E-state index contributed by atoms with van der Waals surface area (Å²) in [6, 6.07) is 8.20. The van der Waals surface area contributed by atoms with Crippen LogP contribution >= 0.6 is 0 Å². The summed E-state index contributed by atoms with van der Waals surface area (Å²) in [5, 5.41) is 6.52. The van der Waals surface area contributed by atoms with Gasteiger partial charge in [0.05, 0.1) is 0 Å². The average molecular weight is 359 g/mol. The number of amides is 1. The first-order valence-corrected chi connectivity index (χ1v) is 10.3. The highest BCUT2D eigenvalue weighted by Gasteiger charge is 2.16. The second kappa shape index (κ2) is 10.0. The molecule has 5 heteroatoms. The van der Waals surface area contributed by atoms with E-state index in [2.05, 4.69) is 39.5 Å². The second-order valence-corrected chi connectivity index (χ2v) is 7.55. The van der Waals surface area contributed by atoms with Crippen LogP contribution in [0.3, 0.4) is 0 Å². The first-order chi connectivity index (χ1) is 12.8. The lowest BCUT2D eigenvalue weighted by atomic mass is 9.91. The fraction of sp³-hybridized carbons (Fsp3) is 0.667. The number of likely N-dealkylation sites (N-methyl/N-ethyl adjacent to an activating group) is 1. The van der Waals surface area contributed by atoms with Crippen LogP contribution in [-0.4, -0.2) is 74.6 Å². The number of hydrogen-bond acceptors (Lipinski definition) is 4. The molecule has 1 amide bonds. The molecule has 2 aliphatic rings. The molecule has 0 saturated carbocycles. The maximum absolute atomic E-state index is 12.3. The predicted molar refractivity (Wildman–Crippen MR) is 107 cm³/mol. The van der Waals surface area contributed by atoms with Crippen LogP contribution in [0.25, 0.3) is 0 Å². The van der Waals surface area contributed by atoms with Crippen molar-refractivity contribution in [3.05, 3.63) is 35.4 Å². The lowest BCUT2D eigenvalue weighted by molar-refractivity contribution is 0.0948. The molecular weight excluding hydrogens is 324 g/mol. The summed E-state index contributed by atoms with van der Waals surface area (Å²) >= 11 is 0. The van der Waals surface area contributed by atoms with E-state index in [0.29, 0.717) is 5.92 Å². The van der Waals surface area contributed by atoms with E-state index in [1.807, 2.05) is 12.1 Å². The van der Waals surface area contributed by atoms with E-state index >= 15 is 0 Å². The minimum Gasteiger partial charge on any atom is -0.352 e. The number of nitrogens with zero attached hydrogens (tertiary/aromatic N) is 2. The maximum atomic E-state index is 12.3. The first-order valence-electron chi connectivity index (χ1n) is 10.3. The number of rotatable bonds is 7. The Hall–Kier alpha value is -1.43. The molecule has 2 aliphatic heterocycles. The minimum absolute atomic E-state index is 0.0501. The molecule has 26 heavy (non-hydrogen) atoms. The molecule has 2 heterocycles. The third-order valence-electron chi connectivity index (χ3n) is 5.79. The summed E-state index contributed by atoms with van der Waals surface area (Å²) in [6.07, 6.45) is 3.50. The largest absolute Gasteiger partial charge is 0.352 e. The molecule has 1 aromatic rings. The first kappa shape index (κ1) is 19.3. The van der Waals surface area contributed by atoms with E-state index in [0.717, 1.165) is 57.8 Å². The summed E-state index contributed by atoms with van der Waals surface area (Å²) in [5.41, 5.74) is 2.12. The quantitative estimate of drug-likeness (QED) is 0.731. The van der Waals surface area contributed by atoms with Crippen molar-refractivity contribution in [3.63, 3.8) is 0 Å². The summed E-state index contributed by atoms with van der Waals surface area (Å²) < 4.78 is 0. The second-order valence-electron chi connectivity index (χ2n) is 7.55. The lowest BCUT2D eigenvalue weighted by Gasteiger charge is -2.33. The van der Waals surface area contributed by atoms with E-state index in [-0.39, 0.29) is 5.91 Å². The molecule has 0 aliphatic carbocycles. The van der Waals surface area contributed by atoms with Crippen LogP contribution in [0, 0.1) is 0 Å². The third-order valence-corrected chi connectivity index (χ3v) is 5.79. The number of piperidine rings is 1. The Kier molecular flexibility index (Phi) is 7.47. The molecular formula is C21H34N4O. The number of nitrogens with one attached hydrogen (secondary N) is 2. The van der Waals surface area contributed by atoms with Crippen molar-refractivity contribution in [2.24, 2.45) is 0 Å². The zero-order valence-electron chi connectivity index (χ0n) is 16.2. The number of benzene rings is 1. The van der Waals surface area contributed by atoms with Crippen molar-refractivity contribution >= 4 is 5.91 Å². The molecule has 0 aromatic heterocycles. The minimum atomic E-state index is 0.0501. The van der Waals surface area contributed by atoms with Crippen LogP contribution in [0.2, 0.25) is 0 Å². The van der Waals surface area contributed by atoms with Gasteiger partial charge in [0.1, 0.15) is 0 Å². The standard InChI is InChI=1S/C21H34N4O/c1-2-24-13-15-25(16-14-24)12-4-11-23-21(26)19-8-6-18(7-9-19)20-5-3-10-22-17-20/h6-9,20,22H,2-5,10-17H2,1H3,(H,23,26). The Labute approximate surface area is 158 Å². The van der Waals surface area contributed by atoms with Gasteiger partial charge in [0, 0.05) is 44.8 Å². The molecule has 0 radical (unpaired) electrons. The van der Waals surface area contributed by atoms with Gasteiger partial charge in [-0.3, -0.25) is 4.79 Å². The molecule has 3 rings (SSSR count). The van der Waals surface area contributed by atoms with Crippen LogP contribution in [0.1, 0.15) is 48.0 Å². The van der Waals surface area contributed by atoms with Crippen LogP contribution in [0.15, 0.2) is 24.3 Å². The Balaban J connectivity index is 1.35. The van der Waals surface area contributed by atoms with Gasteiger partial charge in [-0.2, -0.15) is 0 Å². The fourth-order valence-corrected chi connectivity index (χ4v) is 3.98. The summed E-state index contributed by atoms with van der Waals surface area (Å²) in [6.45, 7) is 12.0. The number of hydrogen-bond donors (Lipinski definition) is 2. The number of piperazine rings is 1. The molecule has 1 unspecified atom stereocenters. The fourth-order valence-electron chi connectivity index (χ4n) is 3.98. The lowest BCUT2D eigenvalue weighted by Crippen LogP contribution is -2.46. The molecule has 2 saturated heterocycles. The smallest absolute Gasteiger partial charge is 0.251 e. The topological polar surface area (TPSA) is 47.6 Å². The Morgan fingerprint density at radius 3 is 2.54 bits per heavy atom. The van der Waals surface area contributed by atoms with Gasteiger partial charge in [-0.1, -0.05) is 19.1 Å². The average Bonchev–Trinajstić information content (AvgIpc) is 2.72.